The van der Waals surface area contributed by atoms with E-state index >= 15 is 0 Å². The number of esters is 2. The van der Waals surface area contributed by atoms with Gasteiger partial charge in [0.25, 0.3) is 0 Å². The molecule has 1 atom stereocenters. The van der Waals surface area contributed by atoms with Gasteiger partial charge in [-0.25, -0.2) is 0 Å². The van der Waals surface area contributed by atoms with Gasteiger partial charge in [-0.05, 0) is 51.4 Å². The van der Waals surface area contributed by atoms with Gasteiger partial charge in [0.05, 0.1) is 6.61 Å². The average Bonchev–Trinajstić information content (AvgIpc) is 3.01. The topological polar surface area (TPSA) is 72.8 Å². The van der Waals surface area contributed by atoms with Crippen molar-refractivity contribution in [3.05, 3.63) is 72.9 Å². The summed E-state index contributed by atoms with van der Waals surface area (Å²) in [5, 5.41) is 9.50. The normalized spacial score (nSPS) is 13.1. The van der Waals surface area contributed by atoms with Crippen LogP contribution < -0.4 is 0 Å². The number of allylic oxidation sites excluding steroid dienone is 12. The van der Waals surface area contributed by atoms with Crippen LogP contribution in [0, 0.1) is 0 Å². The van der Waals surface area contributed by atoms with Crippen LogP contribution >= 0.6 is 0 Å². The lowest BCUT2D eigenvalue weighted by atomic mass is 10.1. The van der Waals surface area contributed by atoms with Gasteiger partial charge in [0, 0.05) is 12.8 Å². The molecule has 0 amide bonds. The van der Waals surface area contributed by atoms with E-state index in [2.05, 4.69) is 32.1 Å². The van der Waals surface area contributed by atoms with Crippen molar-refractivity contribution < 1.29 is 24.2 Å². The fourth-order valence-corrected chi connectivity index (χ4v) is 4.28. The Kier molecular flexibility index (Phi) is 31.7. The highest BCUT2D eigenvalue weighted by Gasteiger charge is 2.15. The molecule has 5 heteroatoms. The van der Waals surface area contributed by atoms with Gasteiger partial charge in [0.1, 0.15) is 6.61 Å². The lowest BCUT2D eigenvalue weighted by Gasteiger charge is -2.15. The predicted octanol–water partition coefficient (Wildman–Crippen LogP) is 10.2. The minimum absolute atomic E-state index is 0.110. The molecule has 0 radical (unpaired) electrons. The van der Waals surface area contributed by atoms with E-state index in [1.165, 1.54) is 64.2 Å². The largest absolute Gasteiger partial charge is 0.462 e. The van der Waals surface area contributed by atoms with E-state index in [1.54, 1.807) is 0 Å². The van der Waals surface area contributed by atoms with Gasteiger partial charge in [0.2, 0.25) is 0 Å². The van der Waals surface area contributed by atoms with Crippen LogP contribution in [0.25, 0.3) is 0 Å². The van der Waals surface area contributed by atoms with Crippen molar-refractivity contribution in [3.8, 4) is 0 Å². The van der Waals surface area contributed by atoms with Gasteiger partial charge in [-0.15, -0.1) is 0 Å². The quantitative estimate of drug-likeness (QED) is 0.0401. The van der Waals surface area contributed by atoms with Gasteiger partial charge in [-0.2, -0.15) is 0 Å². The van der Waals surface area contributed by atoms with Crippen molar-refractivity contribution >= 4 is 11.9 Å². The highest BCUT2D eigenvalue weighted by molar-refractivity contribution is 5.70. The number of hydrogen-bond acceptors (Lipinski definition) is 5. The Bertz CT molecular complexity index is 818. The Morgan fingerprint density at radius 2 is 1.05 bits per heavy atom. The minimum Gasteiger partial charge on any atom is -0.462 e. The summed E-state index contributed by atoms with van der Waals surface area (Å²) in [5.74, 6) is -0.696. The van der Waals surface area contributed by atoms with Crippen LogP contribution in [0.2, 0.25) is 0 Å². The fourth-order valence-electron chi connectivity index (χ4n) is 4.28. The molecule has 0 heterocycles. The molecule has 0 aromatic carbocycles. The molecule has 0 fully saturated rings. The first-order valence-electron chi connectivity index (χ1n) is 17.1. The van der Waals surface area contributed by atoms with Crippen molar-refractivity contribution in [1.82, 2.24) is 0 Å². The zero-order chi connectivity index (χ0) is 31.5. The van der Waals surface area contributed by atoms with Crippen LogP contribution in [0.3, 0.4) is 0 Å². The number of aliphatic hydroxyl groups excluding tert-OH is 1. The van der Waals surface area contributed by atoms with Crippen LogP contribution in [0.1, 0.15) is 136 Å². The molecule has 244 valence electrons. The highest BCUT2D eigenvalue weighted by Crippen LogP contribution is 2.11. The standard InChI is InChI=1S/C38H62O5/c1-3-5-7-9-11-13-15-17-18-19-21-23-25-27-29-31-33-38(41)43-36(34-39)35-42-37(40)32-30-28-26-24-22-20-16-14-12-10-8-6-4-2/h6,8,10,12,14,16,18-20,22,24,26,36,39H,3-5,7,9,11,13,15,17,21,23,25,27-35H2,1-2H3/b8-6+,12-10+,16-14+,19-18+,22-20+,26-24+. The minimum atomic E-state index is -0.806. The summed E-state index contributed by atoms with van der Waals surface area (Å²) in [6, 6.07) is 0. The second-order valence-corrected chi connectivity index (χ2v) is 11.0. The summed E-state index contributed by atoms with van der Waals surface area (Å²) in [4.78, 5) is 24.1. The number of rotatable bonds is 29. The van der Waals surface area contributed by atoms with E-state index < -0.39 is 6.10 Å². The van der Waals surface area contributed by atoms with E-state index in [9.17, 15) is 14.7 Å². The third-order valence-corrected chi connectivity index (χ3v) is 6.86. The smallest absolute Gasteiger partial charge is 0.306 e. The monoisotopic (exact) mass is 598 g/mol. The number of carbonyl (C=O) groups excluding carboxylic acids is 2. The highest BCUT2D eigenvalue weighted by atomic mass is 16.6. The van der Waals surface area contributed by atoms with E-state index in [0.717, 1.165) is 38.5 Å². The van der Waals surface area contributed by atoms with E-state index in [4.69, 9.17) is 9.47 Å². The molecule has 43 heavy (non-hydrogen) atoms. The molecule has 0 aliphatic carbocycles. The molecule has 0 bridgehead atoms. The van der Waals surface area contributed by atoms with Crippen LogP contribution in [0.5, 0.6) is 0 Å². The molecule has 0 spiro atoms. The zero-order valence-corrected chi connectivity index (χ0v) is 27.4. The van der Waals surface area contributed by atoms with Gasteiger partial charge < -0.3 is 14.6 Å². The maximum absolute atomic E-state index is 12.1. The zero-order valence-electron chi connectivity index (χ0n) is 27.4. The summed E-state index contributed by atoms with van der Waals surface area (Å²) in [6.07, 6.45) is 43.9. The van der Waals surface area contributed by atoms with Crippen molar-refractivity contribution in [2.45, 2.75) is 142 Å². The maximum Gasteiger partial charge on any atom is 0.306 e. The van der Waals surface area contributed by atoms with Crippen molar-refractivity contribution in [2.75, 3.05) is 13.2 Å². The van der Waals surface area contributed by atoms with Crippen LogP contribution in [0.4, 0.5) is 0 Å². The number of hydrogen-bond donors (Lipinski definition) is 1. The molecular weight excluding hydrogens is 536 g/mol. The number of aliphatic hydroxyl groups is 1. The van der Waals surface area contributed by atoms with Gasteiger partial charge in [-0.1, -0.05) is 145 Å². The summed E-state index contributed by atoms with van der Waals surface area (Å²) >= 11 is 0. The molecule has 0 aliphatic rings. The molecular formula is C38H62O5. The predicted molar refractivity (Wildman–Crippen MR) is 182 cm³/mol. The van der Waals surface area contributed by atoms with Crippen LogP contribution in [-0.2, 0) is 19.1 Å². The van der Waals surface area contributed by atoms with Gasteiger partial charge in [-0.3, -0.25) is 9.59 Å². The number of carbonyl (C=O) groups is 2. The molecule has 0 saturated heterocycles. The second-order valence-electron chi connectivity index (χ2n) is 11.0. The lowest BCUT2D eigenvalue weighted by molar-refractivity contribution is -0.161. The molecule has 0 aromatic rings. The summed E-state index contributed by atoms with van der Waals surface area (Å²) in [7, 11) is 0. The molecule has 0 saturated carbocycles. The second kappa shape index (κ2) is 33.8. The summed E-state index contributed by atoms with van der Waals surface area (Å²) in [6.45, 7) is 3.89. The maximum atomic E-state index is 12.1. The molecule has 5 nitrogen and oxygen atoms in total. The molecule has 0 rings (SSSR count). The number of unbranched alkanes of at least 4 members (excludes halogenated alkanes) is 13. The first kappa shape index (κ1) is 40.3. The molecule has 1 unspecified atom stereocenters. The average molecular weight is 599 g/mol. The van der Waals surface area contributed by atoms with Crippen LogP contribution in [-0.4, -0.2) is 36.4 Å². The third-order valence-electron chi connectivity index (χ3n) is 6.86. The van der Waals surface area contributed by atoms with Crippen molar-refractivity contribution in [1.29, 1.82) is 0 Å². The van der Waals surface area contributed by atoms with Crippen LogP contribution in [0.15, 0.2) is 72.9 Å². The van der Waals surface area contributed by atoms with Gasteiger partial charge in [0.15, 0.2) is 6.10 Å². The summed E-state index contributed by atoms with van der Waals surface area (Å²) < 4.78 is 10.5. The van der Waals surface area contributed by atoms with Crippen molar-refractivity contribution in [3.63, 3.8) is 0 Å². The Hall–Kier alpha value is -2.66. The Labute approximate surface area is 263 Å². The van der Waals surface area contributed by atoms with Gasteiger partial charge >= 0.3 is 11.9 Å². The molecule has 0 aromatic heterocycles. The Morgan fingerprint density at radius 3 is 1.63 bits per heavy atom. The van der Waals surface area contributed by atoms with E-state index in [1.807, 2.05) is 54.7 Å². The fraction of sp³-hybridized carbons (Fsp3) is 0.632. The first-order valence-corrected chi connectivity index (χ1v) is 17.1. The Balaban J connectivity index is 3.73. The summed E-state index contributed by atoms with van der Waals surface area (Å²) in [5.41, 5.74) is 0. The SMILES string of the molecule is CC/C=C/C=C/C=C/C=C/C=C/CCCC(=O)OCC(CO)OC(=O)CCCCCCC/C=C/CCCCCCCCC. The van der Waals surface area contributed by atoms with E-state index in [-0.39, 0.29) is 31.6 Å². The Morgan fingerprint density at radius 1 is 0.558 bits per heavy atom. The lowest BCUT2D eigenvalue weighted by Crippen LogP contribution is -2.28. The number of ether oxygens (including phenoxy) is 2. The van der Waals surface area contributed by atoms with E-state index in [0.29, 0.717) is 12.8 Å². The molecule has 0 aliphatic heterocycles. The molecule has 1 N–H and O–H groups in total. The van der Waals surface area contributed by atoms with Crippen molar-refractivity contribution in [2.24, 2.45) is 0 Å². The third kappa shape index (κ3) is 32.1. The first-order chi connectivity index (χ1) is 21.1.